The van der Waals surface area contributed by atoms with Crippen LogP contribution in [0.15, 0.2) is 24.3 Å². The molecule has 0 aromatic heterocycles. The minimum atomic E-state index is -1.06. The van der Waals surface area contributed by atoms with Crippen LogP contribution in [0.1, 0.15) is 51.0 Å². The molecule has 5 nitrogen and oxygen atoms in total. The molecule has 1 saturated heterocycles. The zero-order valence-corrected chi connectivity index (χ0v) is 14.5. The molecule has 0 bridgehead atoms. The summed E-state index contributed by atoms with van der Waals surface area (Å²) in [5, 5.41) is 24.8. The van der Waals surface area contributed by atoms with Gasteiger partial charge in [0.1, 0.15) is 12.1 Å². The van der Waals surface area contributed by atoms with Gasteiger partial charge in [0, 0.05) is 12.2 Å². The predicted molar refractivity (Wildman–Crippen MR) is 96.0 cm³/mol. The maximum absolute atomic E-state index is 12.1. The number of nitrogens with one attached hydrogen (secondary N) is 2. The van der Waals surface area contributed by atoms with Gasteiger partial charge in [-0.3, -0.25) is 4.79 Å². The topological polar surface area (TPSA) is 81.6 Å². The Hall–Kier alpha value is -1.43. The molecule has 4 N–H and O–H groups in total. The van der Waals surface area contributed by atoms with Crippen LogP contribution in [0.2, 0.25) is 0 Å². The molecule has 0 aliphatic carbocycles. The van der Waals surface area contributed by atoms with Crippen LogP contribution in [0.5, 0.6) is 0 Å². The van der Waals surface area contributed by atoms with E-state index < -0.39 is 18.2 Å². The summed E-state index contributed by atoms with van der Waals surface area (Å²) in [6.07, 6.45) is 6.84. The number of anilines is 1. The van der Waals surface area contributed by atoms with Gasteiger partial charge >= 0.3 is 0 Å². The largest absolute Gasteiger partial charge is 0.389 e. The third-order valence-corrected chi connectivity index (χ3v) is 4.61. The van der Waals surface area contributed by atoms with Gasteiger partial charge in [0.2, 0.25) is 5.91 Å². The van der Waals surface area contributed by atoms with Crippen LogP contribution in [0.4, 0.5) is 5.69 Å². The highest BCUT2D eigenvalue weighted by Gasteiger charge is 2.37. The minimum absolute atomic E-state index is 0.233. The van der Waals surface area contributed by atoms with Crippen LogP contribution < -0.4 is 10.6 Å². The number of carbonyl (C=O) groups excluding carboxylic acids is 1. The van der Waals surface area contributed by atoms with Crippen molar-refractivity contribution in [2.75, 3.05) is 11.9 Å². The fraction of sp³-hybridized carbons (Fsp3) is 0.632. The van der Waals surface area contributed by atoms with Gasteiger partial charge in [-0.15, -0.1) is 0 Å². The van der Waals surface area contributed by atoms with Gasteiger partial charge in [-0.25, -0.2) is 0 Å². The lowest BCUT2D eigenvalue weighted by atomic mass is 10.0. The summed E-state index contributed by atoms with van der Waals surface area (Å²) in [5.74, 6) is -0.317. The van der Waals surface area contributed by atoms with Gasteiger partial charge in [0.05, 0.1) is 6.10 Å². The number of aryl methyl sites for hydroxylation is 1. The molecule has 1 fully saturated rings. The second-order valence-electron chi connectivity index (χ2n) is 6.65. The highest BCUT2D eigenvalue weighted by molar-refractivity contribution is 5.95. The summed E-state index contributed by atoms with van der Waals surface area (Å²) < 4.78 is 0. The molecule has 1 heterocycles. The third kappa shape index (κ3) is 5.58. The number of hydrogen-bond donors (Lipinski definition) is 4. The molecule has 134 valence electrons. The Morgan fingerprint density at radius 2 is 1.79 bits per heavy atom. The van der Waals surface area contributed by atoms with Gasteiger partial charge in [-0.1, -0.05) is 51.2 Å². The summed E-state index contributed by atoms with van der Waals surface area (Å²) in [6, 6.07) is 7.09. The fourth-order valence-corrected chi connectivity index (χ4v) is 3.04. The third-order valence-electron chi connectivity index (χ3n) is 4.61. The summed E-state index contributed by atoms with van der Waals surface area (Å²) in [6.45, 7) is 2.46. The number of rotatable bonds is 9. The Bertz CT molecular complexity index is 504. The number of hydrogen-bond acceptors (Lipinski definition) is 4. The molecule has 2 rings (SSSR count). The first-order valence-electron chi connectivity index (χ1n) is 9.11. The van der Waals surface area contributed by atoms with Crippen molar-refractivity contribution in [1.29, 1.82) is 0 Å². The lowest BCUT2D eigenvalue weighted by molar-refractivity contribution is -0.120. The van der Waals surface area contributed by atoms with E-state index in [1.54, 1.807) is 0 Å². The molecule has 0 spiro atoms. The smallest absolute Gasteiger partial charge is 0.244 e. The number of unbranched alkanes of at least 4 members (excludes halogenated alkanes) is 5. The van der Waals surface area contributed by atoms with Gasteiger partial charge in [-0.2, -0.15) is 0 Å². The average molecular weight is 334 g/mol. The normalized spacial score (nSPS) is 23.4. The van der Waals surface area contributed by atoms with E-state index in [0.29, 0.717) is 5.69 Å². The van der Waals surface area contributed by atoms with Crippen LogP contribution in [0, 0.1) is 0 Å². The highest BCUT2D eigenvalue weighted by Crippen LogP contribution is 2.15. The number of aliphatic hydroxyl groups is 2. The lowest BCUT2D eigenvalue weighted by Gasteiger charge is -2.16. The maximum Gasteiger partial charge on any atom is 0.244 e. The van der Waals surface area contributed by atoms with E-state index in [9.17, 15) is 15.0 Å². The van der Waals surface area contributed by atoms with Crippen molar-refractivity contribution in [3.63, 3.8) is 0 Å². The summed E-state index contributed by atoms with van der Waals surface area (Å²) in [4.78, 5) is 12.1. The molecular formula is C19H30N2O3. The van der Waals surface area contributed by atoms with Crippen molar-refractivity contribution in [2.45, 2.75) is 70.1 Å². The SMILES string of the molecule is CCCCCCCCc1ccc(NC(=O)[C@H]2NC[C@H](O)[C@@H]2O)cc1. The van der Waals surface area contributed by atoms with Gasteiger partial charge < -0.3 is 20.8 Å². The molecule has 1 aromatic rings. The summed E-state index contributed by atoms with van der Waals surface area (Å²) in [5.41, 5.74) is 1.99. The Morgan fingerprint density at radius 1 is 1.12 bits per heavy atom. The van der Waals surface area contributed by atoms with Crippen LogP contribution in [0.25, 0.3) is 0 Å². The van der Waals surface area contributed by atoms with E-state index in [0.717, 1.165) is 6.42 Å². The van der Waals surface area contributed by atoms with E-state index in [1.165, 1.54) is 44.1 Å². The number of carbonyl (C=O) groups is 1. The number of benzene rings is 1. The molecule has 0 saturated carbocycles. The molecule has 1 aliphatic rings. The molecule has 0 radical (unpaired) electrons. The lowest BCUT2D eigenvalue weighted by Crippen LogP contribution is -2.43. The zero-order chi connectivity index (χ0) is 17.4. The first kappa shape index (κ1) is 18.9. The molecular weight excluding hydrogens is 304 g/mol. The second kappa shape index (κ2) is 9.77. The molecule has 3 atom stereocenters. The second-order valence-corrected chi connectivity index (χ2v) is 6.65. The first-order chi connectivity index (χ1) is 11.6. The fourth-order valence-electron chi connectivity index (χ4n) is 3.04. The van der Waals surface area contributed by atoms with Gasteiger partial charge in [0.25, 0.3) is 0 Å². The standard InChI is InChI=1S/C19H30N2O3/c1-2-3-4-5-6-7-8-14-9-11-15(12-10-14)21-19(24)17-18(23)16(22)13-20-17/h9-12,16-18,20,22-23H,2-8,13H2,1H3,(H,21,24)/t16-,17-,18-/m0/s1. The van der Waals surface area contributed by atoms with Gasteiger partial charge in [0.15, 0.2) is 0 Å². The molecule has 1 aliphatic heterocycles. The van der Waals surface area contributed by atoms with E-state index >= 15 is 0 Å². The zero-order valence-electron chi connectivity index (χ0n) is 14.5. The van der Waals surface area contributed by atoms with Crippen LogP contribution in [0.3, 0.4) is 0 Å². The monoisotopic (exact) mass is 334 g/mol. The first-order valence-corrected chi connectivity index (χ1v) is 9.11. The van der Waals surface area contributed by atoms with Crippen molar-refractivity contribution in [1.82, 2.24) is 5.32 Å². The Labute approximate surface area is 144 Å². The van der Waals surface area contributed by atoms with E-state index in [4.69, 9.17) is 0 Å². The van der Waals surface area contributed by atoms with E-state index in [1.807, 2.05) is 24.3 Å². The molecule has 0 unspecified atom stereocenters. The Kier molecular flexibility index (Phi) is 7.69. The minimum Gasteiger partial charge on any atom is -0.389 e. The highest BCUT2D eigenvalue weighted by atomic mass is 16.3. The van der Waals surface area contributed by atoms with Crippen LogP contribution in [-0.2, 0) is 11.2 Å². The van der Waals surface area contributed by atoms with Crippen molar-refractivity contribution in [3.05, 3.63) is 29.8 Å². The Balaban J connectivity index is 1.72. The maximum atomic E-state index is 12.1. The number of β-amino-alcohol motifs (C(OH)–C–C–N with tert-alkyl or cyclic N) is 1. The predicted octanol–water partition coefficient (Wildman–Crippen LogP) is 2.22. The molecule has 5 heteroatoms. The number of amides is 1. The van der Waals surface area contributed by atoms with Crippen molar-refractivity contribution in [2.24, 2.45) is 0 Å². The van der Waals surface area contributed by atoms with Crippen molar-refractivity contribution < 1.29 is 15.0 Å². The Morgan fingerprint density at radius 3 is 2.42 bits per heavy atom. The summed E-state index contributed by atoms with van der Waals surface area (Å²) >= 11 is 0. The summed E-state index contributed by atoms with van der Waals surface area (Å²) in [7, 11) is 0. The number of aliphatic hydroxyl groups excluding tert-OH is 2. The van der Waals surface area contributed by atoms with Crippen LogP contribution >= 0.6 is 0 Å². The van der Waals surface area contributed by atoms with E-state index in [-0.39, 0.29) is 12.5 Å². The quantitative estimate of drug-likeness (QED) is 0.522. The van der Waals surface area contributed by atoms with E-state index in [2.05, 4.69) is 17.6 Å². The average Bonchev–Trinajstić information content (AvgIpc) is 2.92. The molecule has 1 amide bonds. The van der Waals surface area contributed by atoms with Crippen molar-refractivity contribution >= 4 is 11.6 Å². The van der Waals surface area contributed by atoms with Crippen molar-refractivity contribution in [3.8, 4) is 0 Å². The van der Waals surface area contributed by atoms with Crippen LogP contribution in [-0.4, -0.2) is 40.9 Å². The molecule has 1 aromatic carbocycles. The molecule has 24 heavy (non-hydrogen) atoms. The van der Waals surface area contributed by atoms with Gasteiger partial charge in [-0.05, 0) is 30.5 Å².